The number of pyridine rings is 1. The number of ether oxygens (including phenoxy) is 3. The fourth-order valence-corrected chi connectivity index (χ4v) is 11.9. The molecule has 4 bridgehead atoms. The van der Waals surface area contributed by atoms with E-state index in [0.29, 0.717) is 45.9 Å². The molecule has 8 rings (SSSR count). The maximum atomic E-state index is 5.69. The zero-order chi connectivity index (χ0) is 45.8. The van der Waals surface area contributed by atoms with Crippen LogP contribution in [0.25, 0.3) is 0 Å². The first-order valence-electron chi connectivity index (χ1n) is 25.1. The molecule has 4 aliphatic carbocycles. The number of aromatic nitrogens is 1. The van der Waals surface area contributed by atoms with E-state index in [0.717, 1.165) is 61.7 Å². The van der Waals surface area contributed by atoms with Crippen LogP contribution in [0, 0.1) is 68.5 Å². The zero-order valence-corrected chi connectivity index (χ0v) is 43.3. The van der Waals surface area contributed by atoms with Crippen LogP contribution < -0.4 is 0 Å². The maximum Gasteiger partial charge on any atom is 0.0892 e. The van der Waals surface area contributed by atoms with Gasteiger partial charge in [-0.05, 0) is 163 Å². The Bertz CT molecular complexity index is 1470. The number of fused-ring (bicyclic) bond motifs is 5. The van der Waals surface area contributed by atoms with Gasteiger partial charge in [0.15, 0.2) is 0 Å². The van der Waals surface area contributed by atoms with Gasteiger partial charge in [0.2, 0.25) is 0 Å². The van der Waals surface area contributed by atoms with Crippen LogP contribution in [0.3, 0.4) is 0 Å². The smallest absolute Gasteiger partial charge is 0.0892 e. The van der Waals surface area contributed by atoms with Gasteiger partial charge in [0, 0.05) is 31.5 Å². The number of allylic oxidation sites excluding steroid dienone is 2. The predicted octanol–water partition coefficient (Wildman–Crippen LogP) is 15.9. The van der Waals surface area contributed by atoms with E-state index in [1.165, 1.54) is 81.8 Å². The number of hydrogen-bond acceptors (Lipinski definition) is 4. The van der Waals surface area contributed by atoms with E-state index in [-0.39, 0.29) is 10.8 Å². The second kappa shape index (κ2) is 20.8. The molecule has 1 aromatic heterocycles. The van der Waals surface area contributed by atoms with Crippen LogP contribution >= 0.6 is 0 Å². The van der Waals surface area contributed by atoms with Crippen LogP contribution in [0.5, 0.6) is 0 Å². The second-order valence-corrected chi connectivity index (χ2v) is 26.7. The van der Waals surface area contributed by atoms with Gasteiger partial charge in [0.25, 0.3) is 0 Å². The first kappa shape index (κ1) is 52.1. The molecular formula is C57H99NO3. The lowest BCUT2D eigenvalue weighted by molar-refractivity contribution is 0.0346. The van der Waals surface area contributed by atoms with E-state index >= 15 is 0 Å². The standard InChI is InChI=1S/2C13H22.C12H19N.C10H18O2.C9H18O/c1-9-10-5-6-11(9)8-12(7-10)13(2,3)4;1-9-7-10-5-6-11(8-9)12(10)13(2,3)4;1-11(2,3)12(4,5)10-6-8-13-9-7-10;1-10(2,3)7-6-12-8-4-5-11-9(7)8;1-9(2,3)7-8-5-4-6-10-8/h2*10-12H,1,5-8H2,2-4H3;6-9H,1-5H3;7-9H,4-6H2,1-3H3;8H,4-7H2,1-3H3. The van der Waals surface area contributed by atoms with Crippen molar-refractivity contribution in [1.82, 2.24) is 4.98 Å². The molecule has 8 atom stereocenters. The molecule has 7 fully saturated rings. The molecule has 1 aromatic rings. The molecular weight excluding hydrogens is 747 g/mol. The summed E-state index contributed by atoms with van der Waals surface area (Å²) in [5.74, 6) is 6.18. The minimum Gasteiger partial charge on any atom is -0.378 e. The Kier molecular flexibility index (Phi) is 17.8. The van der Waals surface area contributed by atoms with E-state index in [1.54, 1.807) is 5.57 Å². The van der Waals surface area contributed by atoms with Crippen molar-refractivity contribution in [1.29, 1.82) is 0 Å². The molecule has 0 radical (unpaired) electrons. The third-order valence-electron chi connectivity index (χ3n) is 16.5. The average molecular weight is 846 g/mol. The first-order chi connectivity index (χ1) is 28.0. The summed E-state index contributed by atoms with van der Waals surface area (Å²) >= 11 is 0. The summed E-state index contributed by atoms with van der Waals surface area (Å²) in [7, 11) is 0. The van der Waals surface area contributed by atoms with Crippen LogP contribution in [0.2, 0.25) is 0 Å². The van der Waals surface area contributed by atoms with Crippen molar-refractivity contribution in [3.8, 4) is 0 Å². The Morgan fingerprint density at radius 1 is 0.623 bits per heavy atom. The molecule has 4 nitrogen and oxygen atoms in total. The van der Waals surface area contributed by atoms with Gasteiger partial charge in [-0.2, -0.15) is 0 Å². The fraction of sp³-hybridized carbons (Fsp3) is 0.842. The quantitative estimate of drug-likeness (QED) is 0.278. The van der Waals surface area contributed by atoms with Gasteiger partial charge in [0.1, 0.15) is 0 Å². The summed E-state index contributed by atoms with van der Waals surface area (Å²) in [6.45, 7) is 50.6. The normalized spacial score (nSPS) is 32.3. The van der Waals surface area contributed by atoms with Crippen molar-refractivity contribution < 1.29 is 14.2 Å². The molecule has 3 saturated heterocycles. The molecule has 7 aliphatic rings. The molecule has 4 heteroatoms. The molecule has 0 spiro atoms. The van der Waals surface area contributed by atoms with Crippen molar-refractivity contribution in [2.45, 2.75) is 218 Å². The topological polar surface area (TPSA) is 40.6 Å². The molecule has 4 heterocycles. The molecule has 0 N–H and O–H groups in total. The number of hydrogen-bond donors (Lipinski definition) is 0. The van der Waals surface area contributed by atoms with Gasteiger partial charge < -0.3 is 14.2 Å². The van der Waals surface area contributed by atoms with Crippen LogP contribution in [0.15, 0.2) is 48.8 Å². The second-order valence-electron chi connectivity index (χ2n) is 26.7. The van der Waals surface area contributed by atoms with Gasteiger partial charge in [-0.15, -0.1) is 0 Å². The van der Waals surface area contributed by atoms with Crippen molar-refractivity contribution in [3.63, 3.8) is 0 Å². The van der Waals surface area contributed by atoms with Crippen LogP contribution in [-0.4, -0.2) is 43.1 Å². The summed E-state index contributed by atoms with van der Waals surface area (Å²) in [6.07, 6.45) is 21.2. The summed E-state index contributed by atoms with van der Waals surface area (Å²) in [5, 5.41) is 0. The molecule has 0 amide bonds. The highest BCUT2D eigenvalue weighted by Crippen LogP contribution is 2.55. The zero-order valence-electron chi connectivity index (χ0n) is 43.3. The van der Waals surface area contributed by atoms with E-state index in [9.17, 15) is 0 Å². The summed E-state index contributed by atoms with van der Waals surface area (Å²) < 4.78 is 16.9. The van der Waals surface area contributed by atoms with Gasteiger partial charge in [-0.25, -0.2) is 0 Å². The van der Waals surface area contributed by atoms with Gasteiger partial charge in [-0.3, -0.25) is 4.98 Å². The Balaban J connectivity index is 0.000000168. The molecule has 0 aromatic carbocycles. The maximum absolute atomic E-state index is 5.69. The summed E-state index contributed by atoms with van der Waals surface area (Å²) in [5.41, 5.74) is 6.72. The van der Waals surface area contributed by atoms with Crippen molar-refractivity contribution in [2.24, 2.45) is 68.5 Å². The highest BCUT2D eigenvalue weighted by Gasteiger charge is 2.47. The van der Waals surface area contributed by atoms with Crippen molar-refractivity contribution in [2.75, 3.05) is 19.8 Å². The Hall–Kier alpha value is -1.49. The highest BCUT2D eigenvalue weighted by atomic mass is 16.6. The molecule has 3 aliphatic heterocycles. The third-order valence-corrected chi connectivity index (χ3v) is 16.5. The van der Waals surface area contributed by atoms with E-state index < -0.39 is 0 Å². The Morgan fingerprint density at radius 3 is 1.62 bits per heavy atom. The molecule has 350 valence electrons. The average Bonchev–Trinajstić information content (AvgIpc) is 3.95. The minimum atomic E-state index is 0.190. The van der Waals surface area contributed by atoms with Crippen LogP contribution in [0.4, 0.5) is 0 Å². The highest BCUT2D eigenvalue weighted by molar-refractivity contribution is 5.23. The van der Waals surface area contributed by atoms with Crippen molar-refractivity contribution >= 4 is 0 Å². The van der Waals surface area contributed by atoms with Crippen LogP contribution in [0.1, 0.15) is 200 Å². The Morgan fingerprint density at radius 2 is 1.18 bits per heavy atom. The fourth-order valence-electron chi connectivity index (χ4n) is 11.9. The lowest BCUT2D eigenvalue weighted by Crippen LogP contribution is -2.33. The van der Waals surface area contributed by atoms with Crippen molar-refractivity contribution in [3.05, 3.63) is 54.4 Å². The van der Waals surface area contributed by atoms with Gasteiger partial charge >= 0.3 is 0 Å². The van der Waals surface area contributed by atoms with E-state index in [4.69, 9.17) is 14.2 Å². The Labute approximate surface area is 379 Å². The van der Waals surface area contributed by atoms with Gasteiger partial charge in [0.05, 0.1) is 24.9 Å². The largest absolute Gasteiger partial charge is 0.378 e. The monoisotopic (exact) mass is 846 g/mol. The molecule has 61 heavy (non-hydrogen) atoms. The number of nitrogens with zero attached hydrogens (tertiary/aromatic N) is 1. The van der Waals surface area contributed by atoms with Gasteiger partial charge in [-0.1, -0.05) is 142 Å². The SMILES string of the molecule is C=C1C2CCC1CC(C(C)(C)C)C2.C=C1CC2CCC(C1)C2C(C)(C)C.CC(C)(C)C(C)(C)c1ccncc1.CC(C)(C)C1COC2CCOC21.CC(C)(C)CC1CCCO1. The van der Waals surface area contributed by atoms with E-state index in [2.05, 4.69) is 148 Å². The summed E-state index contributed by atoms with van der Waals surface area (Å²) in [4.78, 5) is 4.04. The molecule has 8 unspecified atom stereocenters. The third kappa shape index (κ3) is 14.8. The first-order valence-corrected chi connectivity index (χ1v) is 25.1. The van der Waals surface area contributed by atoms with Crippen LogP contribution in [-0.2, 0) is 19.6 Å². The summed E-state index contributed by atoms with van der Waals surface area (Å²) in [6, 6.07) is 4.20. The lowest BCUT2D eigenvalue weighted by Gasteiger charge is -2.40. The number of rotatable bonds is 2. The van der Waals surface area contributed by atoms with E-state index in [1.807, 2.05) is 12.4 Å². The lowest BCUT2D eigenvalue weighted by atomic mass is 9.65. The predicted molar refractivity (Wildman–Crippen MR) is 262 cm³/mol. The molecule has 4 saturated carbocycles. The minimum absolute atomic E-state index is 0.190.